The molecule has 0 bridgehead atoms. The van der Waals surface area contributed by atoms with Crippen LogP contribution in [0.25, 0.3) is 0 Å². The van der Waals surface area contributed by atoms with E-state index >= 15 is 0 Å². The highest BCUT2D eigenvalue weighted by atomic mass is 32.2. The second kappa shape index (κ2) is 9.01. The Morgan fingerprint density at radius 1 is 1.11 bits per heavy atom. The fraction of sp³-hybridized carbons (Fsp3) is 0.350. The zero-order chi connectivity index (χ0) is 20.0. The molecule has 0 saturated heterocycles. The number of para-hydroxylation sites is 1. The quantitative estimate of drug-likeness (QED) is 0.750. The minimum absolute atomic E-state index is 0.151. The van der Waals surface area contributed by atoms with Gasteiger partial charge in [-0.05, 0) is 55.7 Å². The summed E-state index contributed by atoms with van der Waals surface area (Å²) in [6, 6.07) is 12.1. The molecule has 2 aromatic rings. The van der Waals surface area contributed by atoms with E-state index in [4.69, 9.17) is 4.74 Å². The third-order valence-electron chi connectivity index (χ3n) is 4.22. The standard InChI is InChI=1S/C20H26N2O4S/c1-5-12-22(14-20(23)21-18-9-7-6-8-15(18)2)27(24,25)17-10-11-19(26-4)16(3)13-17/h6-11,13H,5,12,14H2,1-4H3,(H,21,23). The third-order valence-corrected chi connectivity index (χ3v) is 6.06. The Morgan fingerprint density at radius 3 is 2.41 bits per heavy atom. The zero-order valence-corrected chi connectivity index (χ0v) is 17.0. The van der Waals surface area contributed by atoms with E-state index in [9.17, 15) is 13.2 Å². The number of carbonyl (C=O) groups excluding carboxylic acids is 1. The summed E-state index contributed by atoms with van der Waals surface area (Å²) in [7, 11) is -2.25. The molecule has 0 fully saturated rings. The van der Waals surface area contributed by atoms with Gasteiger partial charge in [0.15, 0.2) is 0 Å². The van der Waals surface area contributed by atoms with E-state index in [0.29, 0.717) is 17.9 Å². The van der Waals surface area contributed by atoms with Crippen molar-refractivity contribution in [1.29, 1.82) is 0 Å². The molecule has 0 aliphatic carbocycles. The number of nitrogens with one attached hydrogen (secondary N) is 1. The molecule has 0 aliphatic heterocycles. The van der Waals surface area contributed by atoms with Crippen molar-refractivity contribution in [3.8, 4) is 5.75 Å². The van der Waals surface area contributed by atoms with E-state index in [1.165, 1.54) is 17.5 Å². The molecule has 1 amide bonds. The maximum absolute atomic E-state index is 13.0. The van der Waals surface area contributed by atoms with Crippen molar-refractivity contribution in [3.05, 3.63) is 53.6 Å². The van der Waals surface area contributed by atoms with Crippen LogP contribution in [0.4, 0.5) is 5.69 Å². The molecule has 0 atom stereocenters. The van der Waals surface area contributed by atoms with Crippen LogP contribution in [-0.2, 0) is 14.8 Å². The molecule has 0 unspecified atom stereocenters. The van der Waals surface area contributed by atoms with Gasteiger partial charge < -0.3 is 10.1 Å². The fourth-order valence-corrected chi connectivity index (χ4v) is 4.33. The zero-order valence-electron chi connectivity index (χ0n) is 16.2. The predicted molar refractivity (Wildman–Crippen MR) is 107 cm³/mol. The lowest BCUT2D eigenvalue weighted by molar-refractivity contribution is -0.116. The molecule has 27 heavy (non-hydrogen) atoms. The summed E-state index contributed by atoms with van der Waals surface area (Å²) in [4.78, 5) is 12.6. The van der Waals surface area contributed by atoms with Crippen LogP contribution in [0.5, 0.6) is 5.75 Å². The number of amides is 1. The van der Waals surface area contributed by atoms with Gasteiger partial charge in [0, 0.05) is 12.2 Å². The number of anilines is 1. The molecule has 7 heteroatoms. The van der Waals surface area contributed by atoms with Crippen LogP contribution in [0.15, 0.2) is 47.4 Å². The largest absolute Gasteiger partial charge is 0.496 e. The molecule has 0 radical (unpaired) electrons. The number of benzene rings is 2. The molecule has 0 aromatic heterocycles. The maximum Gasteiger partial charge on any atom is 0.243 e. The van der Waals surface area contributed by atoms with Gasteiger partial charge in [-0.3, -0.25) is 4.79 Å². The first-order valence-electron chi connectivity index (χ1n) is 8.80. The number of hydrogen-bond donors (Lipinski definition) is 1. The summed E-state index contributed by atoms with van der Waals surface area (Å²) in [5.41, 5.74) is 2.32. The fourth-order valence-electron chi connectivity index (χ4n) is 2.76. The van der Waals surface area contributed by atoms with E-state index in [0.717, 1.165) is 11.1 Å². The molecular weight excluding hydrogens is 364 g/mol. The Hall–Kier alpha value is -2.38. The molecule has 1 N–H and O–H groups in total. The van der Waals surface area contributed by atoms with Crippen molar-refractivity contribution >= 4 is 21.6 Å². The number of aryl methyl sites for hydroxylation is 2. The predicted octanol–water partition coefficient (Wildman–Crippen LogP) is 3.35. The van der Waals surface area contributed by atoms with E-state index < -0.39 is 10.0 Å². The van der Waals surface area contributed by atoms with E-state index in [1.807, 2.05) is 32.0 Å². The van der Waals surface area contributed by atoms with Gasteiger partial charge >= 0.3 is 0 Å². The molecule has 0 saturated carbocycles. The summed E-state index contributed by atoms with van der Waals surface area (Å²) < 4.78 is 32.5. The maximum atomic E-state index is 13.0. The molecule has 0 aliphatic rings. The second-order valence-electron chi connectivity index (χ2n) is 6.33. The highest BCUT2D eigenvalue weighted by molar-refractivity contribution is 7.89. The van der Waals surface area contributed by atoms with Crippen LogP contribution in [0.1, 0.15) is 24.5 Å². The van der Waals surface area contributed by atoms with Crippen LogP contribution in [-0.4, -0.2) is 38.8 Å². The topological polar surface area (TPSA) is 75.7 Å². The number of methoxy groups -OCH3 is 1. The summed E-state index contributed by atoms with van der Waals surface area (Å²) in [5, 5.41) is 2.79. The van der Waals surface area contributed by atoms with Gasteiger partial charge in [0.25, 0.3) is 0 Å². The second-order valence-corrected chi connectivity index (χ2v) is 8.27. The van der Waals surface area contributed by atoms with Gasteiger partial charge in [0.2, 0.25) is 15.9 Å². The number of nitrogens with zero attached hydrogens (tertiary/aromatic N) is 1. The summed E-state index contributed by atoms with van der Waals surface area (Å²) >= 11 is 0. The first-order chi connectivity index (χ1) is 12.8. The number of ether oxygens (including phenoxy) is 1. The molecule has 0 spiro atoms. The summed E-state index contributed by atoms with van der Waals surface area (Å²) in [6.07, 6.45) is 0.603. The van der Waals surface area contributed by atoms with Gasteiger partial charge in [0.05, 0.1) is 18.6 Å². The molecule has 146 valence electrons. The normalized spacial score (nSPS) is 11.4. The van der Waals surface area contributed by atoms with Gasteiger partial charge in [-0.25, -0.2) is 8.42 Å². The van der Waals surface area contributed by atoms with Gasteiger partial charge in [0.1, 0.15) is 5.75 Å². The van der Waals surface area contributed by atoms with Crippen LogP contribution in [0.3, 0.4) is 0 Å². The van der Waals surface area contributed by atoms with Gasteiger partial charge in [-0.2, -0.15) is 4.31 Å². The van der Waals surface area contributed by atoms with Crippen molar-refractivity contribution in [1.82, 2.24) is 4.31 Å². The first kappa shape index (κ1) is 20.9. The molecule has 0 heterocycles. The van der Waals surface area contributed by atoms with E-state index in [2.05, 4.69) is 5.32 Å². The number of rotatable bonds is 8. The van der Waals surface area contributed by atoms with Crippen molar-refractivity contribution in [2.75, 3.05) is 25.5 Å². The lowest BCUT2D eigenvalue weighted by Crippen LogP contribution is -2.38. The van der Waals surface area contributed by atoms with Crippen LogP contribution in [0.2, 0.25) is 0 Å². The SMILES string of the molecule is CCCN(CC(=O)Nc1ccccc1C)S(=O)(=O)c1ccc(OC)c(C)c1. The lowest BCUT2D eigenvalue weighted by Gasteiger charge is -2.22. The van der Waals surface area contributed by atoms with Crippen molar-refractivity contribution in [3.63, 3.8) is 0 Å². The minimum Gasteiger partial charge on any atom is -0.496 e. The summed E-state index contributed by atoms with van der Waals surface area (Å²) in [5.74, 6) is 0.250. The Morgan fingerprint density at radius 2 is 1.81 bits per heavy atom. The summed E-state index contributed by atoms with van der Waals surface area (Å²) in [6.45, 7) is 5.56. The van der Waals surface area contributed by atoms with Gasteiger partial charge in [-0.1, -0.05) is 25.1 Å². The Labute approximate surface area is 161 Å². The number of carbonyl (C=O) groups is 1. The Bertz CT molecular complexity index is 910. The minimum atomic E-state index is -3.79. The highest BCUT2D eigenvalue weighted by Gasteiger charge is 2.26. The van der Waals surface area contributed by atoms with Gasteiger partial charge in [-0.15, -0.1) is 0 Å². The highest BCUT2D eigenvalue weighted by Crippen LogP contribution is 2.24. The average molecular weight is 391 g/mol. The van der Waals surface area contributed by atoms with Crippen molar-refractivity contribution in [2.45, 2.75) is 32.1 Å². The van der Waals surface area contributed by atoms with Crippen LogP contribution >= 0.6 is 0 Å². The van der Waals surface area contributed by atoms with Crippen molar-refractivity contribution in [2.24, 2.45) is 0 Å². The number of sulfonamides is 1. The monoisotopic (exact) mass is 390 g/mol. The molecule has 2 aromatic carbocycles. The molecule has 6 nitrogen and oxygen atoms in total. The molecule has 2 rings (SSSR count). The lowest BCUT2D eigenvalue weighted by atomic mass is 10.2. The Balaban J connectivity index is 2.23. The third kappa shape index (κ3) is 5.08. The Kier molecular flexibility index (Phi) is 6.98. The average Bonchev–Trinajstić information content (AvgIpc) is 2.63. The molecular formula is C20H26N2O4S. The van der Waals surface area contributed by atoms with E-state index in [-0.39, 0.29) is 23.9 Å². The smallest absolute Gasteiger partial charge is 0.243 e. The number of hydrogen-bond acceptors (Lipinski definition) is 4. The van der Waals surface area contributed by atoms with Crippen LogP contribution in [0, 0.1) is 13.8 Å². The van der Waals surface area contributed by atoms with Crippen molar-refractivity contribution < 1.29 is 17.9 Å². The van der Waals surface area contributed by atoms with Crippen LogP contribution < -0.4 is 10.1 Å². The first-order valence-corrected chi connectivity index (χ1v) is 10.2. The van der Waals surface area contributed by atoms with E-state index in [1.54, 1.807) is 25.1 Å².